The number of likely N-dealkylation sites (N-methyl/N-ethyl adjacent to an activating group) is 1. The number of nitrogens with one attached hydrogen (secondary N) is 3. The van der Waals surface area contributed by atoms with Crippen LogP contribution in [0.4, 0.5) is 17.3 Å². The number of ether oxygens (including phenoxy) is 1. The maximum atomic E-state index is 13.5. The number of carbonyl (C=O) groups excluding carboxylic acids is 1. The van der Waals surface area contributed by atoms with Crippen LogP contribution in [0.2, 0.25) is 10.2 Å². The van der Waals surface area contributed by atoms with Gasteiger partial charge in [0.15, 0.2) is 6.23 Å². The van der Waals surface area contributed by atoms with E-state index in [-0.39, 0.29) is 22.8 Å². The first-order valence-corrected chi connectivity index (χ1v) is 13.5. The van der Waals surface area contributed by atoms with Gasteiger partial charge < -0.3 is 35.9 Å². The molecule has 1 unspecified atom stereocenters. The molecule has 3 N–H and O–H groups in total. The van der Waals surface area contributed by atoms with Crippen LogP contribution < -0.4 is 16.0 Å². The minimum absolute atomic E-state index is 0.113. The fraction of sp³-hybridized carbons (Fsp3) is 0.321. The summed E-state index contributed by atoms with van der Waals surface area (Å²) in [7, 11) is 5.44. The lowest BCUT2D eigenvalue weighted by atomic mass is 10.0. The van der Waals surface area contributed by atoms with Gasteiger partial charge in [0, 0.05) is 59.3 Å². The summed E-state index contributed by atoms with van der Waals surface area (Å²) in [6, 6.07) is 11.9. The highest BCUT2D eigenvalue weighted by Gasteiger charge is 2.27. The number of fused-ring (bicyclic) bond motifs is 1. The predicted molar refractivity (Wildman–Crippen MR) is 162 cm³/mol. The maximum Gasteiger partial charge on any atom is 0.255 e. The molecular formula is C28H32Cl2N7O3-. The number of hydrogen-bond acceptors (Lipinski definition) is 9. The largest absolute Gasteiger partial charge is 0.756 e. The summed E-state index contributed by atoms with van der Waals surface area (Å²) in [5, 5.41) is 24.0. The molecule has 212 valence electrons. The van der Waals surface area contributed by atoms with Crippen LogP contribution in [-0.2, 0) is 4.74 Å². The number of carbonyl (C=O) groups is 1. The van der Waals surface area contributed by atoms with Gasteiger partial charge in [0.25, 0.3) is 5.91 Å². The van der Waals surface area contributed by atoms with E-state index in [4.69, 9.17) is 27.9 Å². The van der Waals surface area contributed by atoms with Crippen molar-refractivity contribution in [2.45, 2.75) is 26.1 Å². The van der Waals surface area contributed by atoms with Crippen LogP contribution in [0.5, 0.6) is 0 Å². The van der Waals surface area contributed by atoms with E-state index >= 15 is 0 Å². The molecule has 0 radical (unpaired) electrons. The number of halogens is 2. The average molecular weight is 586 g/mol. The van der Waals surface area contributed by atoms with Gasteiger partial charge in [-0.2, -0.15) is 0 Å². The highest BCUT2D eigenvalue weighted by molar-refractivity contribution is 6.32. The van der Waals surface area contributed by atoms with Gasteiger partial charge in [0.1, 0.15) is 16.8 Å². The molecule has 1 amide bonds. The number of hydrogen-bond donors (Lipinski definition) is 3. The summed E-state index contributed by atoms with van der Waals surface area (Å²) in [5.41, 5.74) is 2.72. The smallest absolute Gasteiger partial charge is 0.255 e. The normalized spacial score (nSPS) is 14.7. The van der Waals surface area contributed by atoms with E-state index in [1.165, 1.54) is 13.2 Å². The molecule has 10 nitrogen and oxygen atoms in total. The van der Waals surface area contributed by atoms with E-state index in [9.17, 15) is 10.0 Å². The van der Waals surface area contributed by atoms with Crippen molar-refractivity contribution >= 4 is 58.2 Å². The van der Waals surface area contributed by atoms with Gasteiger partial charge in [-0.05, 0) is 76.5 Å². The van der Waals surface area contributed by atoms with Gasteiger partial charge in [-0.1, -0.05) is 23.2 Å². The number of pyridine rings is 2. The molecule has 0 saturated carbocycles. The Labute approximate surface area is 243 Å². The minimum atomic E-state index is -0.981. The molecular weight excluding hydrogens is 553 g/mol. The van der Waals surface area contributed by atoms with Crippen molar-refractivity contribution in [3.8, 4) is 0 Å². The molecule has 0 fully saturated rings. The molecule has 2 aromatic heterocycles. The second kappa shape index (κ2) is 12.8. The Morgan fingerprint density at radius 2 is 1.90 bits per heavy atom. The Balaban J connectivity index is 1.62. The Bertz CT molecular complexity index is 1410. The van der Waals surface area contributed by atoms with E-state index in [1.807, 2.05) is 40.1 Å². The van der Waals surface area contributed by atoms with Crippen LogP contribution in [0.15, 0.2) is 42.5 Å². The van der Waals surface area contributed by atoms with Crippen molar-refractivity contribution in [1.82, 2.24) is 19.9 Å². The van der Waals surface area contributed by atoms with E-state index in [0.29, 0.717) is 45.7 Å². The molecule has 4 rings (SSSR count). The van der Waals surface area contributed by atoms with Crippen molar-refractivity contribution in [3.63, 3.8) is 0 Å². The first-order valence-electron chi connectivity index (χ1n) is 12.7. The molecule has 0 saturated heterocycles. The van der Waals surface area contributed by atoms with Crippen LogP contribution >= 0.6 is 23.2 Å². The molecule has 0 spiro atoms. The number of rotatable bonds is 10. The molecule has 1 atom stereocenters. The fourth-order valence-electron chi connectivity index (χ4n) is 4.16. The van der Waals surface area contributed by atoms with Crippen molar-refractivity contribution in [1.29, 1.82) is 0 Å². The molecule has 12 heteroatoms. The lowest BCUT2D eigenvalue weighted by molar-refractivity contribution is 0.0185. The monoisotopic (exact) mass is 584 g/mol. The number of methoxy groups -OCH3 is 1. The van der Waals surface area contributed by atoms with Crippen LogP contribution in [0, 0.1) is 5.21 Å². The summed E-state index contributed by atoms with van der Waals surface area (Å²) in [6.45, 7) is 5.46. The van der Waals surface area contributed by atoms with Crippen molar-refractivity contribution < 1.29 is 9.53 Å². The molecule has 0 bridgehead atoms. The van der Waals surface area contributed by atoms with Crippen molar-refractivity contribution in [2.24, 2.45) is 0 Å². The highest BCUT2D eigenvalue weighted by atomic mass is 35.5. The second-order valence-electron chi connectivity index (χ2n) is 9.86. The van der Waals surface area contributed by atoms with E-state index in [1.54, 1.807) is 30.3 Å². The summed E-state index contributed by atoms with van der Waals surface area (Å²) in [6.07, 6.45) is 0.735. The second-order valence-corrected chi connectivity index (χ2v) is 10.7. The first-order chi connectivity index (χ1) is 19.0. The average Bonchev–Trinajstić information content (AvgIpc) is 2.88. The summed E-state index contributed by atoms with van der Waals surface area (Å²) < 4.78 is 5.56. The highest BCUT2D eigenvalue weighted by Crippen LogP contribution is 2.40. The molecule has 3 aromatic rings. The number of nitrogens with zero attached hydrogens (tertiary/aromatic N) is 4. The molecule has 3 heterocycles. The van der Waals surface area contributed by atoms with Crippen LogP contribution in [0.25, 0.3) is 11.8 Å². The van der Waals surface area contributed by atoms with E-state index in [2.05, 4.69) is 30.8 Å². The van der Waals surface area contributed by atoms with Gasteiger partial charge in [-0.3, -0.25) is 4.79 Å². The molecule has 1 aromatic carbocycles. The third-order valence-corrected chi connectivity index (χ3v) is 6.54. The Morgan fingerprint density at radius 3 is 2.60 bits per heavy atom. The Hall–Kier alpha value is -3.41. The fourth-order valence-corrected chi connectivity index (χ4v) is 4.59. The van der Waals surface area contributed by atoms with Crippen molar-refractivity contribution in [3.05, 3.63) is 80.2 Å². The summed E-state index contributed by atoms with van der Waals surface area (Å²) in [4.78, 5) is 24.0. The lowest BCUT2D eigenvalue weighted by Crippen LogP contribution is -2.28. The predicted octanol–water partition coefficient (Wildman–Crippen LogP) is 5.79. The van der Waals surface area contributed by atoms with E-state index < -0.39 is 6.23 Å². The third kappa shape index (κ3) is 7.01. The number of anilines is 3. The lowest BCUT2D eigenvalue weighted by Gasteiger charge is -2.43. The van der Waals surface area contributed by atoms with Gasteiger partial charge in [0.05, 0.1) is 5.69 Å². The number of hydroxylamine groups is 2. The Kier molecular flexibility index (Phi) is 9.49. The topological polar surface area (TPSA) is 118 Å². The zero-order chi connectivity index (χ0) is 29.0. The SMILES string of the molecule is COC1c2nc(NCCN(C)C)ccc2C=C(c2cc(NC(=O)c3cc(Cl)nc(NC(C)C)c3)ccc2Cl)N1[O-]. The summed E-state index contributed by atoms with van der Waals surface area (Å²) >= 11 is 12.7. The van der Waals surface area contributed by atoms with Gasteiger partial charge in [-0.25, -0.2) is 9.97 Å². The number of aromatic nitrogens is 2. The van der Waals surface area contributed by atoms with Gasteiger partial charge >= 0.3 is 0 Å². The zero-order valence-electron chi connectivity index (χ0n) is 23.0. The van der Waals surface area contributed by atoms with Gasteiger partial charge in [-0.15, -0.1) is 0 Å². The first kappa shape index (κ1) is 29.6. The molecule has 40 heavy (non-hydrogen) atoms. The maximum absolute atomic E-state index is 13.5. The van der Waals surface area contributed by atoms with Crippen LogP contribution in [0.1, 0.15) is 47.3 Å². The van der Waals surface area contributed by atoms with Crippen molar-refractivity contribution in [2.75, 3.05) is 50.2 Å². The van der Waals surface area contributed by atoms with Gasteiger partial charge in [0.2, 0.25) is 0 Å². The Morgan fingerprint density at radius 1 is 1.12 bits per heavy atom. The quantitative estimate of drug-likeness (QED) is 0.254. The molecule has 1 aliphatic heterocycles. The third-order valence-electron chi connectivity index (χ3n) is 6.02. The van der Waals surface area contributed by atoms with Crippen LogP contribution in [-0.4, -0.2) is 66.2 Å². The minimum Gasteiger partial charge on any atom is -0.756 e. The standard InChI is InChI=1S/C28H32Cl2N7O3/c1-16(2)32-25-14-18(13-23(30)34-25)27(38)33-19-7-8-21(29)20(15-19)22-12-17-6-9-24(31-10-11-36(3)4)35-26(17)28(40-5)37(22)39/h6-9,12-16,28H,10-11H2,1-5H3,(H,31,35)(H,32,34)(H,33,38)/q-1. The number of benzene rings is 1. The molecule has 1 aliphatic rings. The summed E-state index contributed by atoms with van der Waals surface area (Å²) in [5.74, 6) is 0.756. The van der Waals surface area contributed by atoms with E-state index in [0.717, 1.165) is 17.2 Å². The zero-order valence-corrected chi connectivity index (χ0v) is 24.5. The van der Waals surface area contributed by atoms with Crippen LogP contribution in [0.3, 0.4) is 0 Å². The molecule has 0 aliphatic carbocycles. The number of amides is 1.